The number of ether oxygens (including phenoxy) is 1. The zero-order valence-electron chi connectivity index (χ0n) is 17.1. The number of benzene rings is 2. The number of carbonyl (C=O) groups excluding carboxylic acids is 1. The van der Waals surface area contributed by atoms with Crippen LogP contribution in [0.3, 0.4) is 0 Å². The van der Waals surface area contributed by atoms with Gasteiger partial charge in [0, 0.05) is 30.8 Å². The Labute approximate surface area is 184 Å². The molecule has 0 aliphatic carbocycles. The first-order valence-electron chi connectivity index (χ1n) is 10.0. The molecule has 1 fully saturated rings. The molecular formula is C21H22N4O6S. The summed E-state index contributed by atoms with van der Waals surface area (Å²) in [6.45, 7) is 1.48. The van der Waals surface area contributed by atoms with Gasteiger partial charge in [-0.05, 0) is 36.2 Å². The average molecular weight is 458 g/mol. The maximum absolute atomic E-state index is 12.7. The fraction of sp³-hybridized carbons (Fsp3) is 0.286. The molecule has 2 aromatic carbocycles. The number of aromatic amines is 1. The molecule has 0 saturated carbocycles. The van der Waals surface area contributed by atoms with Gasteiger partial charge < -0.3 is 10.1 Å². The Bertz CT molecular complexity index is 1240. The molecule has 1 aliphatic heterocycles. The van der Waals surface area contributed by atoms with Gasteiger partial charge in [0.2, 0.25) is 15.9 Å². The summed E-state index contributed by atoms with van der Waals surface area (Å²) in [7, 11) is -3.54. The molecule has 0 spiro atoms. The van der Waals surface area contributed by atoms with Crippen LogP contribution in [0.15, 0.2) is 62.7 Å². The zero-order chi connectivity index (χ0) is 22.6. The molecule has 0 bridgehead atoms. The second kappa shape index (κ2) is 9.47. The van der Waals surface area contributed by atoms with E-state index in [4.69, 9.17) is 4.74 Å². The van der Waals surface area contributed by atoms with Crippen molar-refractivity contribution in [2.24, 2.45) is 0 Å². The van der Waals surface area contributed by atoms with Crippen LogP contribution < -0.4 is 11.1 Å². The Morgan fingerprint density at radius 1 is 1.12 bits per heavy atom. The number of nitrogens with zero attached hydrogens (tertiary/aromatic N) is 2. The highest BCUT2D eigenvalue weighted by atomic mass is 32.2. The van der Waals surface area contributed by atoms with Crippen LogP contribution >= 0.6 is 0 Å². The molecule has 0 radical (unpaired) electrons. The molecule has 1 amide bonds. The van der Waals surface area contributed by atoms with E-state index < -0.39 is 15.8 Å². The Morgan fingerprint density at radius 2 is 1.88 bits per heavy atom. The van der Waals surface area contributed by atoms with Gasteiger partial charge in [0.1, 0.15) is 0 Å². The fourth-order valence-electron chi connectivity index (χ4n) is 3.34. The number of morpholine rings is 1. The highest BCUT2D eigenvalue weighted by molar-refractivity contribution is 7.89. The van der Waals surface area contributed by atoms with Crippen LogP contribution in [0.1, 0.15) is 12.0 Å². The molecule has 2 heterocycles. The van der Waals surface area contributed by atoms with Crippen molar-refractivity contribution in [1.29, 1.82) is 0 Å². The number of nitrogens with one attached hydrogen (secondary N) is 2. The summed E-state index contributed by atoms with van der Waals surface area (Å²) in [5.41, 5.74) is 2.02. The van der Waals surface area contributed by atoms with Crippen LogP contribution in [-0.2, 0) is 26.0 Å². The molecule has 11 heteroatoms. The van der Waals surface area contributed by atoms with Gasteiger partial charge >= 0.3 is 5.76 Å². The van der Waals surface area contributed by atoms with E-state index in [9.17, 15) is 18.0 Å². The van der Waals surface area contributed by atoms with E-state index in [0.717, 1.165) is 5.56 Å². The lowest BCUT2D eigenvalue weighted by Gasteiger charge is -2.26. The molecule has 1 aromatic heterocycles. The molecule has 10 nitrogen and oxygen atoms in total. The second-order valence-electron chi connectivity index (χ2n) is 7.23. The van der Waals surface area contributed by atoms with Crippen molar-refractivity contribution in [3.05, 3.63) is 64.6 Å². The van der Waals surface area contributed by atoms with Gasteiger partial charge in [-0.2, -0.15) is 4.31 Å². The summed E-state index contributed by atoms with van der Waals surface area (Å²) in [6.07, 6.45) is 0.681. The van der Waals surface area contributed by atoms with Crippen molar-refractivity contribution >= 4 is 21.6 Å². The summed E-state index contributed by atoms with van der Waals surface area (Å²) >= 11 is 0. The van der Waals surface area contributed by atoms with Gasteiger partial charge in [-0.15, -0.1) is 0 Å². The van der Waals surface area contributed by atoms with Crippen LogP contribution in [0.25, 0.3) is 11.4 Å². The van der Waals surface area contributed by atoms with Crippen molar-refractivity contribution in [2.45, 2.75) is 17.7 Å². The van der Waals surface area contributed by atoms with Crippen molar-refractivity contribution < 1.29 is 22.5 Å². The number of hydrogen-bond donors (Lipinski definition) is 2. The monoisotopic (exact) mass is 458 g/mol. The van der Waals surface area contributed by atoms with Gasteiger partial charge in [-0.3, -0.25) is 14.3 Å². The second-order valence-corrected chi connectivity index (χ2v) is 9.17. The van der Waals surface area contributed by atoms with Gasteiger partial charge in [0.05, 0.1) is 18.1 Å². The van der Waals surface area contributed by atoms with Crippen molar-refractivity contribution in [1.82, 2.24) is 14.4 Å². The third kappa shape index (κ3) is 5.13. The Hall–Kier alpha value is -3.28. The maximum Gasteiger partial charge on any atom is 0.439 e. The number of anilines is 1. The normalized spacial score (nSPS) is 14.9. The molecule has 1 saturated heterocycles. The van der Waals surface area contributed by atoms with Gasteiger partial charge in [-0.1, -0.05) is 29.4 Å². The lowest BCUT2D eigenvalue weighted by Crippen LogP contribution is -2.40. The highest BCUT2D eigenvalue weighted by Crippen LogP contribution is 2.20. The lowest BCUT2D eigenvalue weighted by atomic mass is 10.1. The summed E-state index contributed by atoms with van der Waals surface area (Å²) in [6, 6.07) is 13.5. The quantitative estimate of drug-likeness (QED) is 0.549. The van der Waals surface area contributed by atoms with Crippen molar-refractivity contribution in [3.8, 4) is 11.4 Å². The van der Waals surface area contributed by atoms with Gasteiger partial charge in [0.25, 0.3) is 0 Å². The fourth-order valence-corrected chi connectivity index (χ4v) is 4.75. The topological polar surface area (TPSA) is 135 Å². The number of H-pyrrole nitrogens is 1. The van der Waals surface area contributed by atoms with E-state index in [1.165, 1.54) is 4.31 Å². The minimum atomic E-state index is -3.54. The third-order valence-corrected chi connectivity index (χ3v) is 6.94. The van der Waals surface area contributed by atoms with Gasteiger partial charge in [-0.25, -0.2) is 13.2 Å². The van der Waals surface area contributed by atoms with E-state index in [1.807, 2.05) is 0 Å². The summed E-state index contributed by atoms with van der Waals surface area (Å²) < 4.78 is 36.5. The number of carbonyl (C=O) groups is 1. The molecular weight excluding hydrogens is 436 g/mol. The molecule has 2 N–H and O–H groups in total. The highest BCUT2D eigenvalue weighted by Gasteiger charge is 2.26. The SMILES string of the molecule is O=C(CCc1ccc(S(=O)(=O)N2CCOCC2)cc1)Nc1cccc(-c2noc(=O)[nH]2)c1. The molecule has 0 atom stereocenters. The maximum atomic E-state index is 12.7. The molecule has 168 valence electrons. The lowest BCUT2D eigenvalue weighted by molar-refractivity contribution is -0.116. The van der Waals surface area contributed by atoms with Crippen LogP contribution in [-0.4, -0.2) is 55.1 Å². The van der Waals surface area contributed by atoms with Crippen molar-refractivity contribution in [3.63, 3.8) is 0 Å². The molecule has 1 aliphatic rings. The first-order chi connectivity index (χ1) is 15.4. The molecule has 0 unspecified atom stereocenters. The summed E-state index contributed by atoms with van der Waals surface area (Å²) in [5, 5.41) is 6.43. The average Bonchev–Trinajstić information content (AvgIpc) is 3.25. The van der Waals surface area contributed by atoms with Gasteiger partial charge in [0.15, 0.2) is 5.82 Å². The number of aromatic nitrogens is 2. The van der Waals surface area contributed by atoms with Crippen LogP contribution in [0.5, 0.6) is 0 Å². The molecule has 32 heavy (non-hydrogen) atoms. The third-order valence-electron chi connectivity index (χ3n) is 5.03. The van der Waals surface area contributed by atoms with E-state index >= 15 is 0 Å². The summed E-state index contributed by atoms with van der Waals surface area (Å²) in [4.78, 5) is 26.1. The predicted octanol–water partition coefficient (Wildman–Crippen LogP) is 1.62. The smallest absolute Gasteiger partial charge is 0.379 e. The van der Waals surface area contributed by atoms with E-state index in [1.54, 1.807) is 48.5 Å². The van der Waals surface area contributed by atoms with E-state index in [2.05, 4.69) is 20.0 Å². The Kier molecular flexibility index (Phi) is 6.49. The van der Waals surface area contributed by atoms with Crippen LogP contribution in [0, 0.1) is 0 Å². The zero-order valence-corrected chi connectivity index (χ0v) is 17.9. The predicted molar refractivity (Wildman–Crippen MR) is 116 cm³/mol. The molecule has 4 rings (SSSR count). The Morgan fingerprint density at radius 3 is 2.56 bits per heavy atom. The first-order valence-corrected chi connectivity index (χ1v) is 11.5. The first kappa shape index (κ1) is 21.9. The minimum Gasteiger partial charge on any atom is -0.379 e. The largest absolute Gasteiger partial charge is 0.439 e. The number of rotatable bonds is 7. The van der Waals surface area contributed by atoms with Crippen LogP contribution in [0.4, 0.5) is 5.69 Å². The van der Waals surface area contributed by atoms with Crippen LogP contribution in [0.2, 0.25) is 0 Å². The van der Waals surface area contributed by atoms with E-state index in [-0.39, 0.29) is 23.0 Å². The number of hydrogen-bond acceptors (Lipinski definition) is 7. The number of aryl methyl sites for hydroxylation is 1. The van der Waals surface area contributed by atoms with Crippen molar-refractivity contribution in [2.75, 3.05) is 31.6 Å². The Balaban J connectivity index is 1.34. The summed E-state index contributed by atoms with van der Waals surface area (Å²) in [5.74, 6) is -0.572. The number of sulfonamides is 1. The standard InChI is InChI=1S/C21H22N4O6S/c26-19(22-17-3-1-2-16(14-17)20-23-21(27)31-24-20)9-6-15-4-7-18(8-5-15)32(28,29)25-10-12-30-13-11-25/h1-5,7-8,14H,6,9-13H2,(H,22,26)(H,23,24,27). The number of amides is 1. The minimum absolute atomic E-state index is 0.194. The molecule has 3 aromatic rings. The van der Waals surface area contributed by atoms with E-state index in [0.29, 0.717) is 44.0 Å².